The lowest BCUT2D eigenvalue weighted by Crippen LogP contribution is -2.18. The Morgan fingerprint density at radius 3 is 2.48 bits per heavy atom. The molecule has 0 amide bonds. The van der Waals surface area contributed by atoms with Crippen LogP contribution in [0.3, 0.4) is 0 Å². The standard InChI is InChI=1S/C18H20FN3O/c1-2-23-17-9-3-13(4-10-17)18-11-15(12-20)21-22(18)16-7-5-14(19)6-8-16/h3-10,18H,2,11-12,20H2,1H3. The van der Waals surface area contributed by atoms with E-state index in [4.69, 9.17) is 10.5 Å². The number of hydrogen-bond donors (Lipinski definition) is 1. The number of anilines is 1. The lowest BCUT2D eigenvalue weighted by molar-refractivity contribution is 0.340. The number of hydrazone groups is 1. The highest BCUT2D eigenvalue weighted by atomic mass is 19.1. The van der Waals surface area contributed by atoms with Crippen molar-refractivity contribution < 1.29 is 9.13 Å². The van der Waals surface area contributed by atoms with Crippen LogP contribution < -0.4 is 15.5 Å². The Kier molecular flexibility index (Phi) is 4.57. The summed E-state index contributed by atoms with van der Waals surface area (Å²) in [5, 5.41) is 6.51. The summed E-state index contributed by atoms with van der Waals surface area (Å²) >= 11 is 0. The van der Waals surface area contributed by atoms with Crippen molar-refractivity contribution in [3.05, 3.63) is 59.9 Å². The molecule has 0 saturated heterocycles. The summed E-state index contributed by atoms with van der Waals surface area (Å²) in [6.45, 7) is 3.03. The highest BCUT2D eigenvalue weighted by Crippen LogP contribution is 2.35. The van der Waals surface area contributed by atoms with E-state index in [2.05, 4.69) is 5.10 Å². The van der Waals surface area contributed by atoms with Gasteiger partial charge in [-0.15, -0.1) is 0 Å². The smallest absolute Gasteiger partial charge is 0.123 e. The van der Waals surface area contributed by atoms with Gasteiger partial charge in [0.1, 0.15) is 11.6 Å². The van der Waals surface area contributed by atoms with Crippen molar-refractivity contribution in [3.63, 3.8) is 0 Å². The molecular formula is C18H20FN3O. The second-order valence-electron chi connectivity index (χ2n) is 5.41. The molecule has 0 aliphatic carbocycles. The average molecular weight is 313 g/mol. The molecule has 1 aliphatic rings. The van der Waals surface area contributed by atoms with Gasteiger partial charge in [0.05, 0.1) is 24.0 Å². The van der Waals surface area contributed by atoms with Crippen molar-refractivity contribution in [3.8, 4) is 5.75 Å². The molecule has 2 aromatic rings. The quantitative estimate of drug-likeness (QED) is 0.919. The van der Waals surface area contributed by atoms with Gasteiger partial charge in [-0.05, 0) is 48.9 Å². The molecule has 5 heteroatoms. The third kappa shape index (κ3) is 3.35. The van der Waals surface area contributed by atoms with E-state index in [9.17, 15) is 4.39 Å². The van der Waals surface area contributed by atoms with Crippen LogP contribution in [0.2, 0.25) is 0 Å². The molecule has 1 unspecified atom stereocenters. The summed E-state index contributed by atoms with van der Waals surface area (Å²) in [6, 6.07) is 14.4. The Labute approximate surface area is 135 Å². The number of hydrogen-bond acceptors (Lipinski definition) is 4. The number of halogens is 1. The van der Waals surface area contributed by atoms with E-state index < -0.39 is 0 Å². The van der Waals surface area contributed by atoms with Crippen molar-refractivity contribution in [2.75, 3.05) is 18.2 Å². The van der Waals surface area contributed by atoms with Gasteiger partial charge in [0.2, 0.25) is 0 Å². The first kappa shape index (κ1) is 15.5. The van der Waals surface area contributed by atoms with E-state index in [1.807, 2.05) is 36.2 Å². The first-order valence-electron chi connectivity index (χ1n) is 7.75. The van der Waals surface area contributed by atoms with E-state index >= 15 is 0 Å². The van der Waals surface area contributed by atoms with Crippen molar-refractivity contribution in [2.24, 2.45) is 10.8 Å². The minimum atomic E-state index is -0.256. The van der Waals surface area contributed by atoms with E-state index in [0.29, 0.717) is 13.2 Å². The summed E-state index contributed by atoms with van der Waals surface area (Å²) in [4.78, 5) is 0. The van der Waals surface area contributed by atoms with Gasteiger partial charge in [-0.25, -0.2) is 4.39 Å². The molecule has 2 aromatic carbocycles. The maximum atomic E-state index is 13.2. The van der Waals surface area contributed by atoms with E-state index in [0.717, 1.165) is 29.1 Å². The van der Waals surface area contributed by atoms with Gasteiger partial charge in [0.25, 0.3) is 0 Å². The van der Waals surface area contributed by atoms with Gasteiger partial charge in [0, 0.05) is 13.0 Å². The maximum absolute atomic E-state index is 13.2. The van der Waals surface area contributed by atoms with Gasteiger partial charge in [-0.1, -0.05) is 12.1 Å². The highest BCUT2D eigenvalue weighted by Gasteiger charge is 2.28. The molecule has 0 aromatic heterocycles. The Morgan fingerprint density at radius 2 is 1.87 bits per heavy atom. The van der Waals surface area contributed by atoms with Crippen LogP contribution >= 0.6 is 0 Å². The third-order valence-electron chi connectivity index (χ3n) is 3.88. The topological polar surface area (TPSA) is 50.9 Å². The molecule has 1 aliphatic heterocycles. The summed E-state index contributed by atoms with van der Waals surface area (Å²) < 4.78 is 18.7. The molecule has 1 heterocycles. The van der Waals surface area contributed by atoms with Gasteiger partial charge in [-0.3, -0.25) is 5.01 Å². The van der Waals surface area contributed by atoms with E-state index in [1.54, 1.807) is 12.1 Å². The van der Waals surface area contributed by atoms with Crippen LogP contribution in [0.15, 0.2) is 53.6 Å². The molecular weight excluding hydrogens is 293 g/mol. The number of nitrogens with two attached hydrogens (primary N) is 1. The number of ether oxygens (including phenoxy) is 1. The van der Waals surface area contributed by atoms with Crippen LogP contribution in [0.4, 0.5) is 10.1 Å². The van der Waals surface area contributed by atoms with E-state index in [1.165, 1.54) is 12.1 Å². The molecule has 0 fully saturated rings. The lowest BCUT2D eigenvalue weighted by atomic mass is 10.0. The van der Waals surface area contributed by atoms with Crippen LogP contribution in [0.5, 0.6) is 5.75 Å². The molecule has 0 bridgehead atoms. The van der Waals surface area contributed by atoms with Gasteiger partial charge in [0.15, 0.2) is 0 Å². The molecule has 0 saturated carbocycles. The zero-order chi connectivity index (χ0) is 16.2. The second-order valence-corrected chi connectivity index (χ2v) is 5.41. The zero-order valence-corrected chi connectivity index (χ0v) is 13.1. The van der Waals surface area contributed by atoms with Crippen LogP contribution in [-0.2, 0) is 0 Å². The Hall–Kier alpha value is -2.40. The van der Waals surface area contributed by atoms with Gasteiger partial charge >= 0.3 is 0 Å². The fraction of sp³-hybridized carbons (Fsp3) is 0.278. The van der Waals surface area contributed by atoms with Crippen LogP contribution in [0.1, 0.15) is 24.9 Å². The average Bonchev–Trinajstić information content (AvgIpc) is 3.01. The second kappa shape index (κ2) is 6.79. The normalized spacial score (nSPS) is 17.3. The molecule has 0 radical (unpaired) electrons. The summed E-state index contributed by atoms with van der Waals surface area (Å²) in [5.74, 6) is 0.594. The van der Waals surface area contributed by atoms with Crippen LogP contribution in [-0.4, -0.2) is 18.9 Å². The zero-order valence-electron chi connectivity index (χ0n) is 13.1. The fourth-order valence-electron chi connectivity index (χ4n) is 2.74. The van der Waals surface area contributed by atoms with Crippen molar-refractivity contribution in [1.29, 1.82) is 0 Å². The predicted octanol–water partition coefficient (Wildman–Crippen LogP) is 3.49. The van der Waals surface area contributed by atoms with Crippen molar-refractivity contribution in [2.45, 2.75) is 19.4 Å². The number of nitrogens with zero attached hydrogens (tertiary/aromatic N) is 2. The van der Waals surface area contributed by atoms with Gasteiger partial charge < -0.3 is 10.5 Å². The summed E-state index contributed by atoms with van der Waals surface area (Å²) in [5.41, 5.74) is 8.69. The van der Waals surface area contributed by atoms with E-state index in [-0.39, 0.29) is 11.9 Å². The minimum absolute atomic E-state index is 0.0645. The Balaban J connectivity index is 1.88. The molecule has 3 rings (SSSR count). The first-order valence-corrected chi connectivity index (χ1v) is 7.75. The highest BCUT2D eigenvalue weighted by molar-refractivity contribution is 5.90. The number of benzene rings is 2. The summed E-state index contributed by atoms with van der Waals surface area (Å²) in [6.07, 6.45) is 0.766. The molecule has 4 nitrogen and oxygen atoms in total. The molecule has 120 valence electrons. The Morgan fingerprint density at radius 1 is 1.17 bits per heavy atom. The SMILES string of the molecule is CCOc1ccc(C2CC(CN)=NN2c2ccc(F)cc2)cc1. The fourth-order valence-corrected chi connectivity index (χ4v) is 2.74. The largest absolute Gasteiger partial charge is 0.494 e. The van der Waals surface area contributed by atoms with Crippen LogP contribution in [0, 0.1) is 5.82 Å². The third-order valence-corrected chi connectivity index (χ3v) is 3.88. The monoisotopic (exact) mass is 313 g/mol. The first-order chi connectivity index (χ1) is 11.2. The Bertz CT molecular complexity index is 682. The van der Waals surface area contributed by atoms with Gasteiger partial charge in [-0.2, -0.15) is 5.10 Å². The lowest BCUT2D eigenvalue weighted by Gasteiger charge is -2.24. The van der Waals surface area contributed by atoms with Crippen LogP contribution in [0.25, 0.3) is 0 Å². The minimum Gasteiger partial charge on any atom is -0.494 e. The maximum Gasteiger partial charge on any atom is 0.123 e. The predicted molar refractivity (Wildman–Crippen MR) is 90.3 cm³/mol. The molecule has 23 heavy (non-hydrogen) atoms. The molecule has 0 spiro atoms. The summed E-state index contributed by atoms with van der Waals surface area (Å²) in [7, 11) is 0. The van der Waals surface area contributed by atoms with Crippen molar-refractivity contribution >= 4 is 11.4 Å². The molecule has 1 atom stereocenters. The molecule has 2 N–H and O–H groups in total. The van der Waals surface area contributed by atoms with Crippen molar-refractivity contribution in [1.82, 2.24) is 0 Å². The number of rotatable bonds is 5.